The number of nitrogens with one attached hydrogen (secondary N) is 1. The van der Waals surface area contributed by atoms with Crippen molar-refractivity contribution in [2.75, 3.05) is 0 Å². The number of benzene rings is 1. The fourth-order valence-corrected chi connectivity index (χ4v) is 1.95. The van der Waals surface area contributed by atoms with Crippen molar-refractivity contribution >= 4 is 11.9 Å². The van der Waals surface area contributed by atoms with E-state index in [2.05, 4.69) is 10.3 Å². The second-order valence-corrected chi connectivity index (χ2v) is 5.60. The number of carboxylic acids is 1. The van der Waals surface area contributed by atoms with Crippen molar-refractivity contribution in [1.29, 1.82) is 0 Å². The number of nitrogens with zero attached hydrogens (tertiary/aromatic N) is 1. The first kappa shape index (κ1) is 17.5. The number of carbonyl (C=O) groups excluding carboxylic acids is 1. The summed E-state index contributed by atoms with van der Waals surface area (Å²) in [7, 11) is 0. The SMILES string of the molecule is CCC(C)(NC(=O)c1ccc(OCc2ccccc2)nc1)C(=O)O. The van der Waals surface area contributed by atoms with E-state index in [1.165, 1.54) is 13.1 Å². The number of hydrogen-bond acceptors (Lipinski definition) is 4. The maximum atomic E-state index is 12.2. The number of ether oxygens (including phenoxy) is 1. The van der Waals surface area contributed by atoms with Gasteiger partial charge in [-0.2, -0.15) is 0 Å². The molecule has 0 aliphatic rings. The Bertz CT molecular complexity index is 701. The molecule has 1 amide bonds. The Morgan fingerprint density at radius 3 is 2.46 bits per heavy atom. The summed E-state index contributed by atoms with van der Waals surface area (Å²) >= 11 is 0. The molecule has 0 fully saturated rings. The molecular weight excluding hydrogens is 308 g/mol. The van der Waals surface area contributed by atoms with Crippen LogP contribution in [0, 0.1) is 0 Å². The molecule has 0 saturated carbocycles. The van der Waals surface area contributed by atoms with Crippen LogP contribution in [0.2, 0.25) is 0 Å². The number of carbonyl (C=O) groups is 2. The van der Waals surface area contributed by atoms with Gasteiger partial charge in [0.1, 0.15) is 12.1 Å². The average molecular weight is 328 g/mol. The zero-order chi connectivity index (χ0) is 17.6. The molecular formula is C18H20N2O4. The lowest BCUT2D eigenvalue weighted by molar-refractivity contribution is -0.143. The first-order chi connectivity index (χ1) is 11.4. The van der Waals surface area contributed by atoms with Gasteiger partial charge in [-0.3, -0.25) is 4.79 Å². The Kier molecular flexibility index (Phi) is 5.52. The second-order valence-electron chi connectivity index (χ2n) is 5.60. The van der Waals surface area contributed by atoms with Gasteiger partial charge in [0.2, 0.25) is 5.88 Å². The second kappa shape index (κ2) is 7.59. The Morgan fingerprint density at radius 1 is 1.21 bits per heavy atom. The van der Waals surface area contributed by atoms with Crippen LogP contribution in [0.1, 0.15) is 36.2 Å². The molecule has 0 aliphatic heterocycles. The van der Waals surface area contributed by atoms with Crippen molar-refractivity contribution in [2.24, 2.45) is 0 Å². The largest absolute Gasteiger partial charge is 0.480 e. The minimum absolute atomic E-state index is 0.278. The van der Waals surface area contributed by atoms with Gasteiger partial charge in [-0.1, -0.05) is 37.3 Å². The van der Waals surface area contributed by atoms with E-state index in [9.17, 15) is 14.7 Å². The first-order valence-corrected chi connectivity index (χ1v) is 7.63. The summed E-state index contributed by atoms with van der Waals surface area (Å²) in [5.74, 6) is -1.16. The van der Waals surface area contributed by atoms with E-state index in [4.69, 9.17) is 4.74 Å². The minimum atomic E-state index is -1.31. The van der Waals surface area contributed by atoms with Crippen LogP contribution in [0.25, 0.3) is 0 Å². The number of pyridine rings is 1. The monoisotopic (exact) mass is 328 g/mol. The van der Waals surface area contributed by atoms with Gasteiger partial charge < -0.3 is 15.2 Å². The van der Waals surface area contributed by atoms with Crippen LogP contribution in [0.3, 0.4) is 0 Å². The highest BCUT2D eigenvalue weighted by Crippen LogP contribution is 2.13. The van der Waals surface area contributed by atoms with Crippen LogP contribution in [0.15, 0.2) is 48.7 Å². The Labute approximate surface area is 140 Å². The number of amides is 1. The van der Waals surface area contributed by atoms with E-state index >= 15 is 0 Å². The predicted octanol–water partition coefficient (Wildman–Crippen LogP) is 2.64. The van der Waals surface area contributed by atoms with Crippen LogP contribution >= 0.6 is 0 Å². The molecule has 1 aromatic carbocycles. The molecule has 1 aromatic heterocycles. The lowest BCUT2D eigenvalue weighted by Crippen LogP contribution is -2.51. The van der Waals surface area contributed by atoms with E-state index in [1.54, 1.807) is 19.1 Å². The minimum Gasteiger partial charge on any atom is -0.480 e. The quantitative estimate of drug-likeness (QED) is 0.816. The van der Waals surface area contributed by atoms with Gasteiger partial charge in [0.15, 0.2) is 0 Å². The summed E-state index contributed by atoms with van der Waals surface area (Å²) in [4.78, 5) is 27.5. The van der Waals surface area contributed by atoms with Crippen molar-refractivity contribution in [2.45, 2.75) is 32.4 Å². The van der Waals surface area contributed by atoms with Crippen molar-refractivity contribution < 1.29 is 19.4 Å². The van der Waals surface area contributed by atoms with Gasteiger partial charge in [0.25, 0.3) is 5.91 Å². The van der Waals surface area contributed by atoms with Crippen LogP contribution in [-0.2, 0) is 11.4 Å². The van der Waals surface area contributed by atoms with Crippen molar-refractivity contribution in [1.82, 2.24) is 10.3 Å². The number of carboxylic acid groups (broad SMARTS) is 1. The smallest absolute Gasteiger partial charge is 0.329 e. The maximum absolute atomic E-state index is 12.2. The lowest BCUT2D eigenvalue weighted by atomic mass is 9.99. The van der Waals surface area contributed by atoms with Crippen LogP contribution in [0.5, 0.6) is 5.88 Å². The summed E-state index contributed by atoms with van der Waals surface area (Å²) in [6.45, 7) is 3.55. The fraction of sp³-hybridized carbons (Fsp3) is 0.278. The molecule has 24 heavy (non-hydrogen) atoms. The Hall–Kier alpha value is -2.89. The normalized spacial score (nSPS) is 12.9. The number of aliphatic carboxylic acids is 1. The van der Waals surface area contributed by atoms with E-state index in [0.717, 1.165) is 5.56 Å². The van der Waals surface area contributed by atoms with Crippen molar-refractivity contribution in [3.8, 4) is 5.88 Å². The maximum Gasteiger partial charge on any atom is 0.329 e. The fourth-order valence-electron chi connectivity index (χ4n) is 1.95. The molecule has 1 atom stereocenters. The third-order valence-corrected chi connectivity index (χ3v) is 3.80. The summed E-state index contributed by atoms with van der Waals surface area (Å²) in [5.41, 5.74) is -0.0104. The molecule has 0 aliphatic carbocycles. The van der Waals surface area contributed by atoms with E-state index in [0.29, 0.717) is 12.5 Å². The van der Waals surface area contributed by atoms with E-state index in [1.807, 2.05) is 30.3 Å². The lowest BCUT2D eigenvalue weighted by Gasteiger charge is -2.24. The summed E-state index contributed by atoms with van der Waals surface area (Å²) in [5, 5.41) is 11.7. The molecule has 1 unspecified atom stereocenters. The predicted molar refractivity (Wildman–Crippen MR) is 88.8 cm³/mol. The third-order valence-electron chi connectivity index (χ3n) is 3.80. The molecule has 6 nitrogen and oxygen atoms in total. The van der Waals surface area contributed by atoms with Gasteiger partial charge >= 0.3 is 5.97 Å². The molecule has 2 aromatic rings. The van der Waals surface area contributed by atoms with Gasteiger partial charge in [-0.05, 0) is 25.0 Å². The summed E-state index contributed by atoms with van der Waals surface area (Å²) in [6.07, 6.45) is 1.65. The van der Waals surface area contributed by atoms with E-state index < -0.39 is 17.4 Å². The highest BCUT2D eigenvalue weighted by molar-refractivity contribution is 5.97. The van der Waals surface area contributed by atoms with Gasteiger partial charge in [-0.15, -0.1) is 0 Å². The number of rotatable bonds is 7. The van der Waals surface area contributed by atoms with Gasteiger partial charge in [-0.25, -0.2) is 9.78 Å². The number of hydrogen-bond donors (Lipinski definition) is 2. The molecule has 126 valence electrons. The molecule has 0 saturated heterocycles. The van der Waals surface area contributed by atoms with Crippen LogP contribution in [0.4, 0.5) is 0 Å². The highest BCUT2D eigenvalue weighted by atomic mass is 16.5. The summed E-state index contributed by atoms with van der Waals surface area (Å²) < 4.78 is 5.55. The van der Waals surface area contributed by atoms with E-state index in [-0.39, 0.29) is 12.0 Å². The molecule has 2 N–H and O–H groups in total. The van der Waals surface area contributed by atoms with Crippen LogP contribution < -0.4 is 10.1 Å². The molecule has 0 bridgehead atoms. The Balaban J connectivity index is 1.98. The molecule has 6 heteroatoms. The molecule has 0 spiro atoms. The first-order valence-electron chi connectivity index (χ1n) is 7.63. The number of aromatic nitrogens is 1. The van der Waals surface area contributed by atoms with Gasteiger partial charge in [0, 0.05) is 12.3 Å². The zero-order valence-corrected chi connectivity index (χ0v) is 13.7. The topological polar surface area (TPSA) is 88.5 Å². The van der Waals surface area contributed by atoms with Crippen LogP contribution in [-0.4, -0.2) is 27.5 Å². The Morgan fingerprint density at radius 2 is 1.92 bits per heavy atom. The average Bonchev–Trinajstić information content (AvgIpc) is 2.61. The highest BCUT2D eigenvalue weighted by Gasteiger charge is 2.33. The molecule has 1 heterocycles. The van der Waals surface area contributed by atoms with Gasteiger partial charge in [0.05, 0.1) is 5.56 Å². The summed E-state index contributed by atoms with van der Waals surface area (Å²) in [6, 6.07) is 12.8. The third kappa shape index (κ3) is 4.32. The van der Waals surface area contributed by atoms with Crippen molar-refractivity contribution in [3.05, 3.63) is 59.8 Å². The zero-order valence-electron chi connectivity index (χ0n) is 13.7. The van der Waals surface area contributed by atoms with Crippen molar-refractivity contribution in [3.63, 3.8) is 0 Å². The molecule has 0 radical (unpaired) electrons. The molecule has 2 rings (SSSR count). The standard InChI is InChI=1S/C18H20N2O4/c1-3-18(2,17(22)23)20-16(21)14-9-10-15(19-11-14)24-12-13-7-5-4-6-8-13/h4-11H,3,12H2,1-2H3,(H,20,21)(H,22,23).